The lowest BCUT2D eigenvalue weighted by molar-refractivity contribution is 0.560. The minimum absolute atomic E-state index is 0.00454. The zero-order valence-corrected chi connectivity index (χ0v) is 10.8. The van der Waals surface area contributed by atoms with Gasteiger partial charge in [0.15, 0.2) is 0 Å². The molecule has 0 saturated heterocycles. The molecule has 19 heavy (non-hydrogen) atoms. The second-order valence-electron chi connectivity index (χ2n) is 3.81. The van der Waals surface area contributed by atoms with Gasteiger partial charge in [-0.2, -0.15) is 5.26 Å². The number of aromatic amines is 1. The lowest BCUT2D eigenvalue weighted by Gasteiger charge is -2.11. The molecule has 7 nitrogen and oxygen atoms in total. The van der Waals surface area contributed by atoms with Crippen molar-refractivity contribution in [2.45, 2.75) is 17.9 Å². The summed E-state index contributed by atoms with van der Waals surface area (Å²) in [5.41, 5.74) is 0.165. The Morgan fingerprint density at radius 2 is 2.21 bits per heavy atom. The van der Waals surface area contributed by atoms with Gasteiger partial charge in [0.1, 0.15) is 22.5 Å². The summed E-state index contributed by atoms with van der Waals surface area (Å²) in [7, 11) is -3.69. The van der Waals surface area contributed by atoms with E-state index in [4.69, 9.17) is 5.26 Å². The summed E-state index contributed by atoms with van der Waals surface area (Å²) in [5, 5.41) is 8.61. The standard InChI is InChI=1S/C11H11N5O2S/c1-8(11-13-4-5-14-11)16-19(17,18)10-3-2-9(6-12)15-7-10/h2-5,7-8,16H,1H3,(H,13,14). The highest BCUT2D eigenvalue weighted by Crippen LogP contribution is 2.13. The zero-order chi connectivity index (χ0) is 13.9. The van der Waals surface area contributed by atoms with Gasteiger partial charge in [-0.25, -0.2) is 23.1 Å². The van der Waals surface area contributed by atoms with Crippen molar-refractivity contribution in [3.8, 4) is 6.07 Å². The van der Waals surface area contributed by atoms with Crippen LogP contribution in [-0.4, -0.2) is 23.4 Å². The van der Waals surface area contributed by atoms with E-state index in [0.29, 0.717) is 5.82 Å². The molecule has 8 heteroatoms. The highest BCUT2D eigenvalue weighted by Gasteiger charge is 2.19. The van der Waals surface area contributed by atoms with Crippen LogP contribution in [0.1, 0.15) is 24.5 Å². The Hall–Kier alpha value is -2.24. The van der Waals surface area contributed by atoms with Crippen molar-refractivity contribution in [1.29, 1.82) is 5.26 Å². The number of imidazole rings is 1. The normalized spacial score (nSPS) is 12.8. The number of nitriles is 1. The van der Waals surface area contributed by atoms with Crippen LogP contribution < -0.4 is 4.72 Å². The van der Waals surface area contributed by atoms with Gasteiger partial charge in [-0.15, -0.1) is 0 Å². The van der Waals surface area contributed by atoms with E-state index >= 15 is 0 Å². The molecule has 2 aromatic rings. The summed E-state index contributed by atoms with van der Waals surface area (Å²) >= 11 is 0. The van der Waals surface area contributed by atoms with Gasteiger partial charge in [-0.1, -0.05) is 0 Å². The van der Waals surface area contributed by atoms with Crippen molar-refractivity contribution in [1.82, 2.24) is 19.7 Å². The van der Waals surface area contributed by atoms with E-state index in [9.17, 15) is 8.42 Å². The molecule has 0 aliphatic rings. The Kier molecular flexibility index (Phi) is 3.59. The van der Waals surface area contributed by atoms with Gasteiger partial charge < -0.3 is 4.98 Å². The fourth-order valence-electron chi connectivity index (χ4n) is 1.48. The summed E-state index contributed by atoms with van der Waals surface area (Å²) < 4.78 is 26.6. The quantitative estimate of drug-likeness (QED) is 0.855. The summed E-state index contributed by atoms with van der Waals surface area (Å²) in [4.78, 5) is 10.5. The molecule has 0 amide bonds. The fourth-order valence-corrected chi connectivity index (χ4v) is 2.63. The minimum Gasteiger partial charge on any atom is -0.347 e. The van der Waals surface area contributed by atoms with Gasteiger partial charge in [0, 0.05) is 18.6 Å². The van der Waals surface area contributed by atoms with Gasteiger partial charge in [0.2, 0.25) is 10.0 Å². The fraction of sp³-hybridized carbons (Fsp3) is 0.182. The number of nitrogens with one attached hydrogen (secondary N) is 2. The lowest BCUT2D eigenvalue weighted by atomic mass is 10.3. The molecule has 0 saturated carbocycles. The first-order valence-electron chi connectivity index (χ1n) is 5.40. The Morgan fingerprint density at radius 3 is 2.74 bits per heavy atom. The molecule has 1 unspecified atom stereocenters. The Morgan fingerprint density at radius 1 is 1.42 bits per heavy atom. The van der Waals surface area contributed by atoms with Crippen LogP contribution >= 0.6 is 0 Å². The molecule has 0 aliphatic carbocycles. The van der Waals surface area contributed by atoms with Crippen LogP contribution in [0.3, 0.4) is 0 Å². The van der Waals surface area contributed by atoms with E-state index in [-0.39, 0.29) is 10.6 Å². The molecule has 0 aromatic carbocycles. The second-order valence-corrected chi connectivity index (χ2v) is 5.52. The number of hydrogen-bond donors (Lipinski definition) is 2. The Balaban J connectivity index is 2.20. The number of pyridine rings is 1. The van der Waals surface area contributed by atoms with E-state index in [1.165, 1.54) is 12.1 Å². The average Bonchev–Trinajstić information content (AvgIpc) is 2.92. The molecule has 2 heterocycles. The zero-order valence-electron chi connectivity index (χ0n) is 10.0. The third kappa shape index (κ3) is 2.96. The molecule has 0 spiro atoms. The van der Waals surface area contributed by atoms with Gasteiger partial charge in [0.25, 0.3) is 0 Å². The first-order valence-corrected chi connectivity index (χ1v) is 6.89. The molecular formula is C11H11N5O2S. The predicted octanol–water partition coefficient (Wildman–Crippen LogP) is 0.716. The highest BCUT2D eigenvalue weighted by molar-refractivity contribution is 7.89. The van der Waals surface area contributed by atoms with Crippen LogP contribution in [0.15, 0.2) is 35.6 Å². The Labute approximate surface area is 110 Å². The monoisotopic (exact) mass is 277 g/mol. The first-order chi connectivity index (χ1) is 9.03. The second kappa shape index (κ2) is 5.17. The van der Waals surface area contributed by atoms with Crippen LogP contribution in [0.25, 0.3) is 0 Å². The molecule has 2 aromatic heterocycles. The van der Waals surface area contributed by atoms with Crippen LogP contribution in [0.4, 0.5) is 0 Å². The van der Waals surface area contributed by atoms with Gasteiger partial charge in [-0.3, -0.25) is 0 Å². The minimum atomic E-state index is -3.69. The first kappa shape index (κ1) is 13.2. The molecule has 2 N–H and O–H groups in total. The molecular weight excluding hydrogens is 266 g/mol. The third-order valence-electron chi connectivity index (χ3n) is 2.42. The molecule has 0 aliphatic heterocycles. The van der Waals surface area contributed by atoms with E-state index in [2.05, 4.69) is 19.7 Å². The van der Waals surface area contributed by atoms with Crippen molar-refractivity contribution in [2.75, 3.05) is 0 Å². The average molecular weight is 277 g/mol. The predicted molar refractivity (Wildman–Crippen MR) is 66.3 cm³/mol. The Bertz CT molecular complexity index is 686. The van der Waals surface area contributed by atoms with E-state index in [1.807, 2.05) is 6.07 Å². The summed E-state index contributed by atoms with van der Waals surface area (Å²) in [6, 6.07) is 4.03. The number of sulfonamides is 1. The van der Waals surface area contributed by atoms with Crippen molar-refractivity contribution < 1.29 is 8.42 Å². The molecule has 2 rings (SSSR count). The molecule has 1 atom stereocenters. The van der Waals surface area contributed by atoms with E-state index in [0.717, 1.165) is 6.20 Å². The number of nitrogens with zero attached hydrogens (tertiary/aromatic N) is 3. The highest BCUT2D eigenvalue weighted by atomic mass is 32.2. The summed E-state index contributed by atoms with van der Waals surface area (Å²) in [6.45, 7) is 1.67. The van der Waals surface area contributed by atoms with Crippen molar-refractivity contribution >= 4 is 10.0 Å². The lowest BCUT2D eigenvalue weighted by Crippen LogP contribution is -2.27. The molecule has 0 radical (unpaired) electrons. The number of hydrogen-bond acceptors (Lipinski definition) is 5. The van der Waals surface area contributed by atoms with Gasteiger partial charge in [0.05, 0.1) is 6.04 Å². The van der Waals surface area contributed by atoms with E-state index in [1.54, 1.807) is 19.3 Å². The molecule has 0 fully saturated rings. The SMILES string of the molecule is CC(NS(=O)(=O)c1ccc(C#N)nc1)c1ncc[nH]1. The number of rotatable bonds is 4. The van der Waals surface area contributed by atoms with E-state index < -0.39 is 16.1 Å². The molecule has 98 valence electrons. The van der Waals surface area contributed by atoms with Gasteiger partial charge in [-0.05, 0) is 19.1 Å². The topological polar surface area (TPSA) is 112 Å². The van der Waals surface area contributed by atoms with Crippen LogP contribution in [0.2, 0.25) is 0 Å². The van der Waals surface area contributed by atoms with Crippen molar-refractivity contribution in [2.24, 2.45) is 0 Å². The van der Waals surface area contributed by atoms with Crippen molar-refractivity contribution in [3.63, 3.8) is 0 Å². The summed E-state index contributed by atoms with van der Waals surface area (Å²) in [5.74, 6) is 0.519. The van der Waals surface area contributed by atoms with Crippen LogP contribution in [0, 0.1) is 11.3 Å². The molecule has 0 bridgehead atoms. The smallest absolute Gasteiger partial charge is 0.242 e. The maximum absolute atomic E-state index is 12.1. The number of aromatic nitrogens is 3. The van der Waals surface area contributed by atoms with Gasteiger partial charge >= 0.3 is 0 Å². The third-order valence-corrected chi connectivity index (χ3v) is 3.95. The maximum atomic E-state index is 12.1. The van der Waals surface area contributed by atoms with Crippen molar-refractivity contribution in [3.05, 3.63) is 42.2 Å². The van der Waals surface area contributed by atoms with Crippen LogP contribution in [0.5, 0.6) is 0 Å². The number of H-pyrrole nitrogens is 1. The maximum Gasteiger partial charge on any atom is 0.242 e. The van der Waals surface area contributed by atoms with Crippen LogP contribution in [-0.2, 0) is 10.0 Å². The summed E-state index contributed by atoms with van der Waals surface area (Å²) in [6.07, 6.45) is 4.31. The largest absolute Gasteiger partial charge is 0.347 e.